The van der Waals surface area contributed by atoms with E-state index in [1.165, 1.54) is 23.1 Å². The molecule has 0 aromatic carbocycles. The number of fused-ring (bicyclic) bond motifs is 1. The lowest BCUT2D eigenvalue weighted by atomic mass is 10.0. The molecule has 0 bridgehead atoms. The van der Waals surface area contributed by atoms with Crippen LogP contribution in [0.25, 0.3) is 0 Å². The quantitative estimate of drug-likeness (QED) is 0.330. The number of carbonyl (C=O) groups is 5. The molecule has 3 heterocycles. The number of halogens is 3. The fourth-order valence-electron chi connectivity index (χ4n) is 3.05. The molecular formula is C18H16Cl3N3O8S2. The SMILES string of the molecule is O=C(Cc1cccs1)NC1C(=O)N2C(C(=O)O)=C(COC(=O)NC(=O)OCC(Cl)(Cl)Cl)CS[C@@H]12. The van der Waals surface area contributed by atoms with Crippen LogP contribution in [0, 0.1) is 0 Å². The monoisotopic (exact) mass is 571 g/mol. The lowest BCUT2D eigenvalue weighted by Gasteiger charge is -2.49. The standard InChI is InChI=1S/C18H16Cl3N3O8S2/c19-18(20,21)7-32-17(30)23-16(29)31-5-8-6-34-14-11(13(26)24(14)12(8)15(27)28)22-10(25)4-9-2-1-3-33-9/h1-3,11,14H,4-7H2,(H,22,25)(H,27,28)(H,23,29,30)/t11?,14-/m0/s1. The van der Waals surface area contributed by atoms with Gasteiger partial charge in [0.15, 0.2) is 0 Å². The Morgan fingerprint density at radius 3 is 2.53 bits per heavy atom. The molecule has 3 rings (SSSR count). The van der Waals surface area contributed by atoms with Gasteiger partial charge in [0.05, 0.1) is 6.42 Å². The number of carboxylic acid groups (broad SMARTS) is 1. The summed E-state index contributed by atoms with van der Waals surface area (Å²) in [5, 5.41) is 15.2. The Labute approximate surface area is 215 Å². The van der Waals surface area contributed by atoms with Crippen molar-refractivity contribution in [3.63, 3.8) is 0 Å². The Kier molecular flexibility index (Phi) is 8.57. The summed E-state index contributed by atoms with van der Waals surface area (Å²) in [5.41, 5.74) is -0.209. The Hall–Kier alpha value is -2.19. The van der Waals surface area contributed by atoms with Gasteiger partial charge in [-0.2, -0.15) is 0 Å². The van der Waals surface area contributed by atoms with Gasteiger partial charge in [0.2, 0.25) is 9.70 Å². The van der Waals surface area contributed by atoms with Crippen molar-refractivity contribution in [2.75, 3.05) is 19.0 Å². The zero-order valence-electron chi connectivity index (χ0n) is 16.9. The Morgan fingerprint density at radius 2 is 1.91 bits per heavy atom. The molecule has 4 amide bonds. The third-order valence-electron chi connectivity index (χ3n) is 4.43. The van der Waals surface area contributed by atoms with E-state index in [1.54, 1.807) is 17.4 Å². The summed E-state index contributed by atoms with van der Waals surface area (Å²) in [6.45, 7) is -1.13. The van der Waals surface area contributed by atoms with Crippen LogP contribution < -0.4 is 10.6 Å². The average Bonchev–Trinajstić information content (AvgIpc) is 3.26. The van der Waals surface area contributed by atoms with E-state index in [1.807, 2.05) is 5.38 Å². The molecule has 0 spiro atoms. The maximum absolute atomic E-state index is 12.6. The van der Waals surface area contributed by atoms with Crippen LogP contribution in [-0.4, -0.2) is 74.2 Å². The zero-order valence-corrected chi connectivity index (χ0v) is 20.8. The molecule has 1 aromatic rings. The molecule has 0 saturated carbocycles. The van der Waals surface area contributed by atoms with Gasteiger partial charge in [0.1, 0.15) is 30.3 Å². The summed E-state index contributed by atoms with van der Waals surface area (Å²) < 4.78 is 7.51. The first-order valence-corrected chi connectivity index (χ1v) is 12.4. The molecule has 0 radical (unpaired) electrons. The van der Waals surface area contributed by atoms with E-state index < -0.39 is 52.5 Å². The van der Waals surface area contributed by atoms with Crippen molar-refractivity contribution >= 4 is 87.9 Å². The van der Waals surface area contributed by atoms with Gasteiger partial charge < -0.3 is 19.9 Å². The Bertz CT molecular complexity index is 1030. The van der Waals surface area contributed by atoms with Gasteiger partial charge in [-0.3, -0.25) is 14.5 Å². The van der Waals surface area contributed by atoms with Crippen LogP contribution >= 0.6 is 57.9 Å². The minimum atomic E-state index is -1.87. The maximum Gasteiger partial charge on any atom is 0.416 e. The molecule has 1 unspecified atom stereocenters. The second kappa shape index (κ2) is 11.0. The molecule has 34 heavy (non-hydrogen) atoms. The lowest BCUT2D eigenvalue weighted by molar-refractivity contribution is -0.150. The second-order valence-corrected chi connectivity index (χ2v) is 11.5. The van der Waals surface area contributed by atoms with Crippen molar-refractivity contribution in [1.29, 1.82) is 0 Å². The fourth-order valence-corrected chi connectivity index (χ4v) is 5.24. The van der Waals surface area contributed by atoms with Gasteiger partial charge >= 0.3 is 18.2 Å². The smallest absolute Gasteiger partial charge is 0.416 e. The maximum atomic E-state index is 12.6. The number of imide groups is 1. The van der Waals surface area contributed by atoms with Crippen molar-refractivity contribution in [2.24, 2.45) is 0 Å². The normalized spacial score (nSPS) is 19.6. The molecule has 0 aliphatic carbocycles. The fraction of sp³-hybridized carbons (Fsp3) is 0.389. The van der Waals surface area contributed by atoms with E-state index in [2.05, 4.69) is 10.1 Å². The van der Waals surface area contributed by atoms with E-state index >= 15 is 0 Å². The number of nitrogens with one attached hydrogen (secondary N) is 2. The van der Waals surface area contributed by atoms with Crippen LogP contribution in [0.1, 0.15) is 4.88 Å². The molecule has 2 aliphatic heterocycles. The highest BCUT2D eigenvalue weighted by atomic mass is 35.6. The molecule has 1 aromatic heterocycles. The van der Waals surface area contributed by atoms with Crippen LogP contribution in [0.4, 0.5) is 9.59 Å². The summed E-state index contributed by atoms with van der Waals surface area (Å²) in [4.78, 5) is 61.8. The summed E-state index contributed by atoms with van der Waals surface area (Å²) in [5.74, 6) is -2.23. The first-order chi connectivity index (χ1) is 16.0. The number of aliphatic carboxylic acids is 1. The molecule has 2 atom stereocenters. The topological polar surface area (TPSA) is 151 Å². The number of thiophene rings is 1. The summed E-state index contributed by atoms with van der Waals surface area (Å²) in [6.07, 6.45) is -2.35. The van der Waals surface area contributed by atoms with E-state index in [0.29, 0.717) is 0 Å². The van der Waals surface area contributed by atoms with E-state index in [4.69, 9.17) is 39.5 Å². The highest BCUT2D eigenvalue weighted by molar-refractivity contribution is 8.00. The molecule has 1 fully saturated rings. The van der Waals surface area contributed by atoms with Gasteiger partial charge in [-0.25, -0.2) is 19.7 Å². The number of carboxylic acids is 1. The van der Waals surface area contributed by atoms with Gasteiger partial charge in [-0.15, -0.1) is 23.1 Å². The molecule has 2 aliphatic rings. The number of alkyl halides is 3. The number of β-lactam (4-membered cyclic amide) rings is 1. The lowest BCUT2D eigenvalue weighted by Crippen LogP contribution is -2.70. The van der Waals surface area contributed by atoms with Crippen molar-refractivity contribution in [3.05, 3.63) is 33.7 Å². The van der Waals surface area contributed by atoms with Crippen LogP contribution in [0.15, 0.2) is 28.8 Å². The number of alkyl carbamates (subject to hydrolysis) is 2. The van der Waals surface area contributed by atoms with Gasteiger partial charge in [-0.1, -0.05) is 40.9 Å². The van der Waals surface area contributed by atoms with E-state index in [0.717, 1.165) is 9.78 Å². The van der Waals surface area contributed by atoms with Crippen molar-refractivity contribution in [1.82, 2.24) is 15.5 Å². The minimum Gasteiger partial charge on any atom is -0.477 e. The van der Waals surface area contributed by atoms with Crippen LogP contribution in [-0.2, 0) is 30.3 Å². The Morgan fingerprint density at radius 1 is 1.21 bits per heavy atom. The molecule has 16 heteroatoms. The Balaban J connectivity index is 1.57. The number of hydrogen-bond donors (Lipinski definition) is 3. The van der Waals surface area contributed by atoms with Gasteiger partial charge in [0.25, 0.3) is 5.91 Å². The van der Waals surface area contributed by atoms with Gasteiger partial charge in [0, 0.05) is 16.2 Å². The van der Waals surface area contributed by atoms with Crippen molar-refractivity contribution in [3.8, 4) is 0 Å². The molecule has 184 valence electrons. The third kappa shape index (κ3) is 6.69. The van der Waals surface area contributed by atoms with Crippen LogP contribution in [0.2, 0.25) is 0 Å². The average molecular weight is 573 g/mol. The van der Waals surface area contributed by atoms with Gasteiger partial charge in [-0.05, 0) is 11.4 Å². The number of rotatable bonds is 7. The second-order valence-electron chi connectivity index (χ2n) is 6.86. The van der Waals surface area contributed by atoms with E-state index in [-0.39, 0.29) is 29.4 Å². The van der Waals surface area contributed by atoms with Crippen molar-refractivity contribution < 1.29 is 38.6 Å². The van der Waals surface area contributed by atoms with Crippen LogP contribution in [0.5, 0.6) is 0 Å². The number of amides is 4. The predicted molar refractivity (Wildman–Crippen MR) is 124 cm³/mol. The number of ether oxygens (including phenoxy) is 2. The van der Waals surface area contributed by atoms with E-state index in [9.17, 15) is 29.1 Å². The van der Waals surface area contributed by atoms with Crippen LogP contribution in [0.3, 0.4) is 0 Å². The number of nitrogens with zero attached hydrogens (tertiary/aromatic N) is 1. The first-order valence-electron chi connectivity index (χ1n) is 9.35. The molecule has 3 N–H and O–H groups in total. The predicted octanol–water partition coefficient (Wildman–Crippen LogP) is 2.26. The summed E-state index contributed by atoms with van der Waals surface area (Å²) >= 11 is 18.9. The highest BCUT2D eigenvalue weighted by Crippen LogP contribution is 2.40. The molecular weight excluding hydrogens is 557 g/mol. The first kappa shape index (κ1) is 26.4. The number of hydrogen-bond acceptors (Lipinski definition) is 9. The minimum absolute atomic E-state index is 0.109. The highest BCUT2D eigenvalue weighted by Gasteiger charge is 2.54. The van der Waals surface area contributed by atoms with Crippen molar-refractivity contribution in [2.45, 2.75) is 21.6 Å². The third-order valence-corrected chi connectivity index (χ3v) is 6.97. The zero-order chi connectivity index (χ0) is 25.0. The summed E-state index contributed by atoms with van der Waals surface area (Å²) in [7, 11) is 0. The summed E-state index contributed by atoms with van der Waals surface area (Å²) in [6, 6.07) is 2.73. The molecule has 11 nitrogen and oxygen atoms in total. The molecule has 1 saturated heterocycles. The number of carbonyl (C=O) groups excluding carboxylic acids is 4. The largest absolute Gasteiger partial charge is 0.477 e. The number of thioether (sulfide) groups is 1.